The van der Waals surface area contributed by atoms with E-state index in [1.807, 2.05) is 0 Å². The van der Waals surface area contributed by atoms with Crippen molar-refractivity contribution in [2.45, 2.75) is 32.9 Å². The second-order valence-electron chi connectivity index (χ2n) is 7.08. The van der Waals surface area contributed by atoms with Crippen LogP contribution in [0.15, 0.2) is 42.6 Å². The van der Waals surface area contributed by atoms with Gasteiger partial charge in [-0.25, -0.2) is 4.98 Å². The van der Waals surface area contributed by atoms with Crippen molar-refractivity contribution in [1.29, 1.82) is 0 Å². The molecule has 1 unspecified atom stereocenters. The number of carbonyl (C=O) groups excluding carboxylic acids is 1. The van der Waals surface area contributed by atoms with Crippen molar-refractivity contribution in [3.05, 3.63) is 59.3 Å². The van der Waals surface area contributed by atoms with Crippen LogP contribution in [-0.2, 0) is 13.1 Å². The molecule has 2 aromatic rings. The number of anilines is 1. The van der Waals surface area contributed by atoms with Crippen LogP contribution in [0.1, 0.15) is 41.3 Å². The fraction of sp³-hybridized carbons (Fsp3) is 0.429. The zero-order valence-electron chi connectivity index (χ0n) is 15.7. The number of nitrogens with zero attached hydrogens (tertiary/aromatic N) is 2. The summed E-state index contributed by atoms with van der Waals surface area (Å²) in [4.78, 5) is 18.9. The van der Waals surface area contributed by atoms with Crippen LogP contribution >= 0.6 is 0 Å². The minimum Gasteiger partial charge on any atom is -0.365 e. The molecule has 2 heterocycles. The Morgan fingerprint density at radius 3 is 2.81 bits per heavy atom. The molecule has 3 rings (SSSR count). The number of nitrogens with one attached hydrogen (secondary N) is 2. The summed E-state index contributed by atoms with van der Waals surface area (Å²) in [6.07, 6.45) is 4.32. The summed E-state index contributed by atoms with van der Waals surface area (Å²) in [7, 11) is 1.63. The lowest BCUT2D eigenvalue weighted by Crippen LogP contribution is -2.34. The number of hydrogen-bond donors (Lipinski definition) is 2. The van der Waals surface area contributed by atoms with Gasteiger partial charge in [0.1, 0.15) is 5.82 Å². The lowest BCUT2D eigenvalue weighted by Gasteiger charge is -2.31. The van der Waals surface area contributed by atoms with Gasteiger partial charge in [-0.3, -0.25) is 9.69 Å². The number of carbonyl (C=O) groups is 1. The van der Waals surface area contributed by atoms with Crippen molar-refractivity contribution < 1.29 is 4.79 Å². The van der Waals surface area contributed by atoms with Crippen LogP contribution in [0.4, 0.5) is 5.82 Å². The van der Waals surface area contributed by atoms with E-state index >= 15 is 0 Å². The molecule has 5 nitrogen and oxygen atoms in total. The fourth-order valence-corrected chi connectivity index (χ4v) is 3.60. The molecule has 0 bridgehead atoms. The monoisotopic (exact) mass is 352 g/mol. The van der Waals surface area contributed by atoms with E-state index in [0.29, 0.717) is 17.9 Å². The SMILES string of the molecule is CNC(=O)c1cccnc1NCc1ccccc1CN1CCCC(C)C1. The van der Waals surface area contributed by atoms with Crippen LogP contribution in [0.3, 0.4) is 0 Å². The Hall–Kier alpha value is -2.40. The van der Waals surface area contributed by atoms with Crippen molar-refractivity contribution in [2.24, 2.45) is 5.92 Å². The predicted octanol–water partition coefficient (Wildman–Crippen LogP) is 3.29. The highest BCUT2D eigenvalue weighted by Crippen LogP contribution is 2.20. The lowest BCUT2D eigenvalue weighted by molar-refractivity contribution is 0.0963. The van der Waals surface area contributed by atoms with Gasteiger partial charge in [-0.15, -0.1) is 0 Å². The average Bonchev–Trinajstić information content (AvgIpc) is 2.67. The Kier molecular flexibility index (Phi) is 6.23. The first-order chi connectivity index (χ1) is 12.7. The number of pyridine rings is 1. The van der Waals surface area contributed by atoms with Crippen LogP contribution in [0, 0.1) is 5.92 Å². The molecule has 0 aliphatic carbocycles. The zero-order chi connectivity index (χ0) is 18.4. The van der Waals surface area contributed by atoms with Gasteiger partial charge in [0.25, 0.3) is 5.91 Å². The molecular formula is C21H28N4O. The Morgan fingerprint density at radius 1 is 1.23 bits per heavy atom. The molecule has 1 aliphatic rings. The van der Waals surface area contributed by atoms with Gasteiger partial charge >= 0.3 is 0 Å². The molecule has 1 saturated heterocycles. The third kappa shape index (κ3) is 4.61. The normalized spacial score (nSPS) is 17.7. The van der Waals surface area contributed by atoms with Gasteiger partial charge in [0, 0.05) is 32.9 Å². The average molecular weight is 352 g/mol. The number of aromatic nitrogens is 1. The third-order valence-corrected chi connectivity index (χ3v) is 4.98. The highest BCUT2D eigenvalue weighted by molar-refractivity contribution is 5.98. The summed E-state index contributed by atoms with van der Waals surface area (Å²) in [5.74, 6) is 1.27. The topological polar surface area (TPSA) is 57.3 Å². The van der Waals surface area contributed by atoms with E-state index in [1.54, 1.807) is 25.4 Å². The van der Waals surface area contributed by atoms with E-state index in [1.165, 1.54) is 37.1 Å². The first-order valence-corrected chi connectivity index (χ1v) is 9.37. The second kappa shape index (κ2) is 8.81. The highest BCUT2D eigenvalue weighted by Gasteiger charge is 2.17. The van der Waals surface area contributed by atoms with E-state index in [4.69, 9.17) is 0 Å². The Morgan fingerprint density at radius 2 is 2.04 bits per heavy atom. The molecule has 138 valence electrons. The third-order valence-electron chi connectivity index (χ3n) is 4.98. The number of benzene rings is 1. The van der Waals surface area contributed by atoms with Crippen LogP contribution in [0.2, 0.25) is 0 Å². The van der Waals surface area contributed by atoms with Gasteiger partial charge in [0.2, 0.25) is 0 Å². The molecule has 1 atom stereocenters. The zero-order valence-corrected chi connectivity index (χ0v) is 15.7. The van der Waals surface area contributed by atoms with Gasteiger partial charge < -0.3 is 10.6 Å². The van der Waals surface area contributed by atoms with Gasteiger partial charge in [-0.05, 0) is 48.6 Å². The largest absolute Gasteiger partial charge is 0.365 e. The maximum atomic E-state index is 12.0. The Labute approximate surface area is 155 Å². The van der Waals surface area contributed by atoms with Gasteiger partial charge in [-0.2, -0.15) is 0 Å². The summed E-state index contributed by atoms with van der Waals surface area (Å²) < 4.78 is 0. The molecule has 0 saturated carbocycles. The Balaban J connectivity index is 1.70. The smallest absolute Gasteiger partial charge is 0.254 e. The van der Waals surface area contributed by atoms with Gasteiger partial charge in [0.05, 0.1) is 5.56 Å². The van der Waals surface area contributed by atoms with E-state index < -0.39 is 0 Å². The molecule has 1 fully saturated rings. The summed E-state index contributed by atoms with van der Waals surface area (Å²) in [5, 5.41) is 6.00. The maximum Gasteiger partial charge on any atom is 0.254 e. The molecule has 0 radical (unpaired) electrons. The molecule has 2 N–H and O–H groups in total. The molecule has 1 aromatic carbocycles. The number of piperidine rings is 1. The lowest BCUT2D eigenvalue weighted by atomic mass is 9.99. The van der Waals surface area contributed by atoms with Crippen molar-refractivity contribution in [3.63, 3.8) is 0 Å². The van der Waals surface area contributed by atoms with Crippen LogP contribution < -0.4 is 10.6 Å². The van der Waals surface area contributed by atoms with Crippen LogP contribution in [0.5, 0.6) is 0 Å². The minimum absolute atomic E-state index is 0.129. The quantitative estimate of drug-likeness (QED) is 0.838. The van der Waals surface area contributed by atoms with Crippen molar-refractivity contribution >= 4 is 11.7 Å². The second-order valence-corrected chi connectivity index (χ2v) is 7.08. The molecule has 26 heavy (non-hydrogen) atoms. The van der Waals surface area contributed by atoms with E-state index in [9.17, 15) is 4.79 Å². The van der Waals surface area contributed by atoms with Crippen molar-refractivity contribution in [1.82, 2.24) is 15.2 Å². The predicted molar refractivity (Wildman–Crippen MR) is 105 cm³/mol. The summed E-state index contributed by atoms with van der Waals surface area (Å²) in [6.45, 7) is 6.31. The Bertz CT molecular complexity index is 746. The van der Waals surface area contributed by atoms with Crippen molar-refractivity contribution in [2.75, 3.05) is 25.5 Å². The van der Waals surface area contributed by atoms with Crippen LogP contribution in [0.25, 0.3) is 0 Å². The van der Waals surface area contributed by atoms with Gasteiger partial charge in [0.15, 0.2) is 0 Å². The fourth-order valence-electron chi connectivity index (χ4n) is 3.60. The van der Waals surface area contributed by atoms with Crippen LogP contribution in [-0.4, -0.2) is 35.9 Å². The van der Waals surface area contributed by atoms with E-state index in [0.717, 1.165) is 12.5 Å². The molecule has 5 heteroatoms. The molecular weight excluding hydrogens is 324 g/mol. The van der Waals surface area contributed by atoms with E-state index in [2.05, 4.69) is 51.7 Å². The maximum absolute atomic E-state index is 12.0. The first-order valence-electron chi connectivity index (χ1n) is 9.37. The molecule has 0 spiro atoms. The number of hydrogen-bond acceptors (Lipinski definition) is 4. The first kappa shape index (κ1) is 18.4. The summed E-state index contributed by atoms with van der Waals surface area (Å²) in [5.41, 5.74) is 3.16. The summed E-state index contributed by atoms with van der Waals surface area (Å²) in [6, 6.07) is 12.1. The molecule has 1 aromatic heterocycles. The molecule has 1 amide bonds. The minimum atomic E-state index is -0.129. The number of amides is 1. The van der Waals surface area contributed by atoms with E-state index in [-0.39, 0.29) is 5.91 Å². The van der Waals surface area contributed by atoms with Crippen molar-refractivity contribution in [3.8, 4) is 0 Å². The number of rotatable bonds is 6. The molecule has 1 aliphatic heterocycles. The van der Waals surface area contributed by atoms with Gasteiger partial charge in [-0.1, -0.05) is 31.2 Å². The highest BCUT2D eigenvalue weighted by atomic mass is 16.1. The summed E-state index contributed by atoms with van der Waals surface area (Å²) >= 11 is 0. The standard InChI is InChI=1S/C21H28N4O/c1-16-7-6-12-25(14-16)15-18-9-4-3-8-17(18)13-24-20-19(21(26)22-2)10-5-11-23-20/h3-5,8-11,16H,6-7,12-15H2,1-2H3,(H,22,26)(H,23,24). The number of likely N-dealkylation sites (tertiary alicyclic amines) is 1.